The van der Waals surface area contributed by atoms with Gasteiger partial charge in [0, 0.05) is 6.61 Å². The Hall–Kier alpha value is -2.10. The maximum atomic E-state index is 6.04. The maximum absolute atomic E-state index is 6.04. The molecule has 0 spiro atoms. The Kier molecular flexibility index (Phi) is 8.81. The topological polar surface area (TPSA) is 27.7 Å². The molecule has 2 rings (SSSR count). The molecule has 0 saturated carbocycles. The molecule has 0 amide bonds. The predicted molar refractivity (Wildman–Crippen MR) is 102 cm³/mol. The zero-order valence-corrected chi connectivity index (χ0v) is 15.0. The zero-order valence-electron chi connectivity index (χ0n) is 15.0. The van der Waals surface area contributed by atoms with Crippen molar-refractivity contribution in [1.29, 1.82) is 0 Å². The van der Waals surface area contributed by atoms with E-state index in [1.807, 2.05) is 48.5 Å². The molecule has 3 heteroatoms. The van der Waals surface area contributed by atoms with E-state index in [0.717, 1.165) is 37.2 Å². The van der Waals surface area contributed by atoms with E-state index >= 15 is 0 Å². The van der Waals surface area contributed by atoms with Crippen LogP contribution in [0.1, 0.15) is 30.4 Å². The molecule has 1 atom stereocenters. The molecule has 0 fully saturated rings. The normalized spacial score (nSPS) is 11.9. The van der Waals surface area contributed by atoms with E-state index in [1.54, 1.807) is 7.11 Å². The van der Waals surface area contributed by atoms with Crippen LogP contribution in [-0.2, 0) is 22.7 Å². The number of hydrogen-bond donors (Lipinski definition) is 0. The first-order chi connectivity index (χ1) is 12.3. The molecule has 2 aromatic carbocycles. The highest BCUT2D eigenvalue weighted by molar-refractivity contribution is 5.26. The summed E-state index contributed by atoms with van der Waals surface area (Å²) in [7, 11) is 1.67. The molecule has 0 aliphatic heterocycles. The highest BCUT2D eigenvalue weighted by atomic mass is 16.5. The second kappa shape index (κ2) is 11.5. The fourth-order valence-electron chi connectivity index (χ4n) is 2.57. The van der Waals surface area contributed by atoms with Crippen molar-refractivity contribution in [3.8, 4) is 5.75 Å². The van der Waals surface area contributed by atoms with Gasteiger partial charge in [-0.15, -0.1) is 6.58 Å². The first-order valence-electron chi connectivity index (χ1n) is 8.79. The highest BCUT2D eigenvalue weighted by Crippen LogP contribution is 2.15. The van der Waals surface area contributed by atoms with Gasteiger partial charge < -0.3 is 14.2 Å². The lowest BCUT2D eigenvalue weighted by Crippen LogP contribution is -2.13. The molecular weight excluding hydrogens is 312 g/mol. The molecule has 0 radical (unpaired) electrons. The largest absolute Gasteiger partial charge is 0.497 e. The van der Waals surface area contributed by atoms with Gasteiger partial charge >= 0.3 is 0 Å². The molecular formula is C22H28O3. The number of methoxy groups -OCH3 is 1. The zero-order chi connectivity index (χ0) is 17.7. The molecule has 0 bridgehead atoms. The number of benzene rings is 2. The number of rotatable bonds is 12. The van der Waals surface area contributed by atoms with Crippen LogP contribution in [0.15, 0.2) is 67.3 Å². The molecule has 0 saturated heterocycles. The lowest BCUT2D eigenvalue weighted by atomic mass is 10.1. The summed E-state index contributed by atoms with van der Waals surface area (Å²) in [6.07, 6.45) is 4.91. The van der Waals surface area contributed by atoms with Crippen LogP contribution in [0.2, 0.25) is 0 Å². The molecule has 0 unspecified atom stereocenters. The van der Waals surface area contributed by atoms with Gasteiger partial charge in [-0.25, -0.2) is 0 Å². The van der Waals surface area contributed by atoms with E-state index in [0.29, 0.717) is 13.2 Å². The van der Waals surface area contributed by atoms with Crippen LogP contribution >= 0.6 is 0 Å². The summed E-state index contributed by atoms with van der Waals surface area (Å²) in [6, 6.07) is 18.2. The monoisotopic (exact) mass is 340 g/mol. The van der Waals surface area contributed by atoms with Crippen molar-refractivity contribution in [3.05, 3.63) is 78.4 Å². The minimum absolute atomic E-state index is 0.180. The summed E-state index contributed by atoms with van der Waals surface area (Å²) in [5.74, 6) is 0.863. The number of ether oxygens (including phenoxy) is 3. The average molecular weight is 340 g/mol. The highest BCUT2D eigenvalue weighted by Gasteiger charge is 2.08. The van der Waals surface area contributed by atoms with E-state index in [2.05, 4.69) is 18.7 Å². The predicted octanol–water partition coefficient (Wildman–Crippen LogP) is 5.15. The van der Waals surface area contributed by atoms with E-state index < -0.39 is 0 Å². The molecule has 25 heavy (non-hydrogen) atoms. The Labute approximate surface area is 151 Å². The molecule has 0 N–H and O–H groups in total. The first-order valence-corrected chi connectivity index (χ1v) is 8.79. The maximum Gasteiger partial charge on any atom is 0.118 e. The van der Waals surface area contributed by atoms with Crippen LogP contribution in [0.4, 0.5) is 0 Å². The van der Waals surface area contributed by atoms with E-state index in [-0.39, 0.29) is 6.10 Å². The van der Waals surface area contributed by atoms with Gasteiger partial charge in [-0.1, -0.05) is 48.5 Å². The molecule has 0 heterocycles. The van der Waals surface area contributed by atoms with Crippen LogP contribution in [0, 0.1) is 0 Å². The lowest BCUT2D eigenvalue weighted by molar-refractivity contribution is 0.0270. The third kappa shape index (κ3) is 7.55. The third-order valence-corrected chi connectivity index (χ3v) is 4.00. The van der Waals surface area contributed by atoms with Crippen molar-refractivity contribution in [2.45, 2.75) is 38.6 Å². The number of hydrogen-bond acceptors (Lipinski definition) is 3. The van der Waals surface area contributed by atoms with Crippen LogP contribution in [-0.4, -0.2) is 19.8 Å². The summed E-state index contributed by atoms with van der Waals surface area (Å²) in [4.78, 5) is 0. The summed E-state index contributed by atoms with van der Waals surface area (Å²) in [6.45, 7) is 5.85. The van der Waals surface area contributed by atoms with Crippen molar-refractivity contribution in [1.82, 2.24) is 0 Å². The van der Waals surface area contributed by atoms with Gasteiger partial charge in [0.05, 0.1) is 26.4 Å². The van der Waals surface area contributed by atoms with Crippen molar-refractivity contribution in [3.63, 3.8) is 0 Å². The van der Waals surface area contributed by atoms with Gasteiger partial charge in [0.15, 0.2) is 0 Å². The lowest BCUT2D eigenvalue weighted by Gasteiger charge is -2.16. The Morgan fingerprint density at radius 1 is 0.960 bits per heavy atom. The molecule has 134 valence electrons. The van der Waals surface area contributed by atoms with Crippen LogP contribution in [0.25, 0.3) is 0 Å². The quantitative estimate of drug-likeness (QED) is 0.395. The van der Waals surface area contributed by atoms with Gasteiger partial charge in [0.2, 0.25) is 0 Å². The second-order valence-corrected chi connectivity index (χ2v) is 5.99. The van der Waals surface area contributed by atoms with E-state index in [9.17, 15) is 0 Å². The van der Waals surface area contributed by atoms with Crippen molar-refractivity contribution in [2.24, 2.45) is 0 Å². The minimum atomic E-state index is 0.180. The standard InChI is InChI=1S/C22H28O3/c1-3-8-22(25-18-20-12-14-21(23-2)15-13-20)11-7-16-24-17-19-9-5-4-6-10-19/h3-6,9-10,12-15,22H,1,7-8,11,16-18H2,2H3/t22-/m0/s1. The molecule has 0 aliphatic carbocycles. The van der Waals surface area contributed by atoms with Crippen molar-refractivity contribution >= 4 is 0 Å². The minimum Gasteiger partial charge on any atom is -0.497 e. The van der Waals surface area contributed by atoms with Gasteiger partial charge in [-0.2, -0.15) is 0 Å². The van der Waals surface area contributed by atoms with Crippen LogP contribution in [0.5, 0.6) is 5.75 Å². The molecule has 0 aromatic heterocycles. The molecule has 2 aromatic rings. The van der Waals surface area contributed by atoms with Gasteiger partial charge in [-0.05, 0) is 42.5 Å². The molecule has 3 nitrogen and oxygen atoms in total. The fourth-order valence-corrected chi connectivity index (χ4v) is 2.57. The average Bonchev–Trinajstić information content (AvgIpc) is 2.67. The summed E-state index contributed by atoms with van der Waals surface area (Å²) in [5.41, 5.74) is 2.36. The van der Waals surface area contributed by atoms with Gasteiger partial charge in [-0.3, -0.25) is 0 Å². The van der Waals surface area contributed by atoms with Crippen LogP contribution < -0.4 is 4.74 Å². The second-order valence-electron chi connectivity index (χ2n) is 5.99. The fraction of sp³-hybridized carbons (Fsp3) is 0.364. The van der Waals surface area contributed by atoms with E-state index in [4.69, 9.17) is 14.2 Å². The Balaban J connectivity index is 1.66. The summed E-state index contributed by atoms with van der Waals surface area (Å²) >= 11 is 0. The first kappa shape index (κ1) is 19.2. The van der Waals surface area contributed by atoms with Gasteiger partial charge in [0.25, 0.3) is 0 Å². The third-order valence-electron chi connectivity index (χ3n) is 4.00. The smallest absolute Gasteiger partial charge is 0.118 e. The van der Waals surface area contributed by atoms with Crippen molar-refractivity contribution in [2.75, 3.05) is 13.7 Å². The molecule has 0 aliphatic rings. The van der Waals surface area contributed by atoms with E-state index in [1.165, 1.54) is 5.56 Å². The Morgan fingerprint density at radius 3 is 2.36 bits per heavy atom. The Bertz CT molecular complexity index is 592. The summed E-state index contributed by atoms with van der Waals surface area (Å²) < 4.78 is 17.0. The van der Waals surface area contributed by atoms with Crippen molar-refractivity contribution < 1.29 is 14.2 Å². The summed E-state index contributed by atoms with van der Waals surface area (Å²) in [5, 5.41) is 0. The Morgan fingerprint density at radius 2 is 1.68 bits per heavy atom. The van der Waals surface area contributed by atoms with Crippen LogP contribution in [0.3, 0.4) is 0 Å². The van der Waals surface area contributed by atoms with Gasteiger partial charge in [0.1, 0.15) is 5.75 Å². The SMILES string of the molecule is C=CC[C@@H](CCCOCc1ccccc1)OCc1ccc(OC)cc1.